The Bertz CT molecular complexity index is 189. The maximum absolute atomic E-state index is 11.7. The van der Waals surface area contributed by atoms with Crippen LogP contribution in [-0.4, -0.2) is 36.5 Å². The SMILES string of the molecule is CC1NCCC1C(=O)N1CCC1. The summed E-state index contributed by atoms with van der Waals surface area (Å²) >= 11 is 0. The van der Waals surface area contributed by atoms with Gasteiger partial charge in [-0.1, -0.05) is 0 Å². The van der Waals surface area contributed by atoms with Crippen molar-refractivity contribution in [1.29, 1.82) is 0 Å². The van der Waals surface area contributed by atoms with Crippen LogP contribution in [0.2, 0.25) is 0 Å². The molecule has 0 saturated carbocycles. The van der Waals surface area contributed by atoms with Crippen LogP contribution >= 0.6 is 0 Å². The molecule has 0 spiro atoms. The van der Waals surface area contributed by atoms with Gasteiger partial charge >= 0.3 is 0 Å². The largest absolute Gasteiger partial charge is 0.342 e. The number of rotatable bonds is 1. The lowest BCUT2D eigenvalue weighted by Gasteiger charge is -2.34. The molecule has 2 rings (SSSR count). The van der Waals surface area contributed by atoms with Crippen LogP contribution < -0.4 is 5.32 Å². The highest BCUT2D eigenvalue weighted by molar-refractivity contribution is 5.80. The van der Waals surface area contributed by atoms with Crippen LogP contribution in [0.1, 0.15) is 19.8 Å². The molecular weight excluding hydrogens is 152 g/mol. The topological polar surface area (TPSA) is 32.3 Å². The van der Waals surface area contributed by atoms with Crippen molar-refractivity contribution in [2.45, 2.75) is 25.8 Å². The molecule has 2 fully saturated rings. The Kier molecular flexibility index (Phi) is 2.05. The van der Waals surface area contributed by atoms with Crippen molar-refractivity contribution in [1.82, 2.24) is 10.2 Å². The van der Waals surface area contributed by atoms with Gasteiger partial charge in [0.05, 0.1) is 5.92 Å². The zero-order chi connectivity index (χ0) is 8.55. The van der Waals surface area contributed by atoms with Crippen molar-refractivity contribution in [2.75, 3.05) is 19.6 Å². The summed E-state index contributed by atoms with van der Waals surface area (Å²) in [5, 5.41) is 3.31. The fourth-order valence-electron chi connectivity index (χ4n) is 1.97. The molecule has 0 aromatic heterocycles. The van der Waals surface area contributed by atoms with Gasteiger partial charge < -0.3 is 10.2 Å². The molecular formula is C9H16N2O. The van der Waals surface area contributed by atoms with E-state index >= 15 is 0 Å². The third-order valence-corrected chi connectivity index (χ3v) is 3.01. The average molecular weight is 168 g/mol. The molecule has 0 aromatic carbocycles. The number of nitrogens with one attached hydrogen (secondary N) is 1. The first-order valence-corrected chi connectivity index (χ1v) is 4.81. The summed E-state index contributed by atoms with van der Waals surface area (Å²) in [5.74, 6) is 0.629. The smallest absolute Gasteiger partial charge is 0.227 e. The zero-order valence-corrected chi connectivity index (χ0v) is 7.55. The highest BCUT2D eigenvalue weighted by atomic mass is 16.2. The molecule has 2 unspecified atom stereocenters. The molecule has 2 saturated heterocycles. The van der Waals surface area contributed by atoms with E-state index in [4.69, 9.17) is 0 Å². The van der Waals surface area contributed by atoms with Crippen LogP contribution in [-0.2, 0) is 4.79 Å². The van der Waals surface area contributed by atoms with Crippen LogP contribution in [0.5, 0.6) is 0 Å². The molecule has 1 amide bonds. The standard InChI is InChI=1S/C9H16N2O/c1-7-8(3-4-10-7)9(12)11-5-2-6-11/h7-8,10H,2-6H2,1H3. The normalized spacial score (nSPS) is 34.9. The third kappa shape index (κ3) is 1.22. The molecule has 2 aliphatic rings. The zero-order valence-electron chi connectivity index (χ0n) is 7.55. The lowest BCUT2D eigenvalue weighted by atomic mass is 9.99. The van der Waals surface area contributed by atoms with E-state index in [1.807, 2.05) is 4.90 Å². The number of hydrogen-bond donors (Lipinski definition) is 1. The highest BCUT2D eigenvalue weighted by Gasteiger charge is 2.34. The van der Waals surface area contributed by atoms with Gasteiger partial charge in [0, 0.05) is 19.1 Å². The number of carbonyl (C=O) groups is 1. The van der Waals surface area contributed by atoms with Crippen molar-refractivity contribution in [3.8, 4) is 0 Å². The van der Waals surface area contributed by atoms with Gasteiger partial charge in [0.1, 0.15) is 0 Å². The average Bonchev–Trinajstić information content (AvgIpc) is 2.31. The second kappa shape index (κ2) is 3.05. The van der Waals surface area contributed by atoms with Crippen molar-refractivity contribution in [3.63, 3.8) is 0 Å². The molecule has 68 valence electrons. The van der Waals surface area contributed by atoms with E-state index in [0.717, 1.165) is 26.1 Å². The summed E-state index contributed by atoms with van der Waals surface area (Å²) in [4.78, 5) is 13.7. The Labute approximate surface area is 73.1 Å². The summed E-state index contributed by atoms with van der Waals surface area (Å²) in [6.45, 7) is 5.09. The van der Waals surface area contributed by atoms with Crippen LogP contribution in [0, 0.1) is 5.92 Å². The van der Waals surface area contributed by atoms with Gasteiger partial charge in [0.2, 0.25) is 5.91 Å². The van der Waals surface area contributed by atoms with E-state index in [9.17, 15) is 4.79 Å². The molecule has 0 radical (unpaired) electrons. The fraction of sp³-hybridized carbons (Fsp3) is 0.889. The van der Waals surface area contributed by atoms with E-state index in [2.05, 4.69) is 12.2 Å². The van der Waals surface area contributed by atoms with Crippen molar-refractivity contribution in [2.24, 2.45) is 5.92 Å². The fourth-order valence-corrected chi connectivity index (χ4v) is 1.97. The first kappa shape index (κ1) is 8.05. The summed E-state index contributed by atoms with van der Waals surface area (Å²) < 4.78 is 0. The van der Waals surface area contributed by atoms with Gasteiger partial charge in [0.15, 0.2) is 0 Å². The van der Waals surface area contributed by atoms with Crippen molar-refractivity contribution < 1.29 is 4.79 Å². The van der Waals surface area contributed by atoms with Gasteiger partial charge in [-0.25, -0.2) is 0 Å². The quantitative estimate of drug-likeness (QED) is 0.607. The molecule has 3 heteroatoms. The predicted molar refractivity (Wildman–Crippen MR) is 46.8 cm³/mol. The molecule has 2 aliphatic heterocycles. The van der Waals surface area contributed by atoms with Gasteiger partial charge in [-0.3, -0.25) is 4.79 Å². The lowest BCUT2D eigenvalue weighted by molar-refractivity contribution is -0.139. The van der Waals surface area contributed by atoms with E-state index in [-0.39, 0.29) is 5.92 Å². The molecule has 2 heterocycles. The number of likely N-dealkylation sites (tertiary alicyclic amines) is 1. The van der Waals surface area contributed by atoms with E-state index in [1.165, 1.54) is 6.42 Å². The number of amides is 1. The monoisotopic (exact) mass is 168 g/mol. The van der Waals surface area contributed by atoms with Crippen LogP contribution in [0.3, 0.4) is 0 Å². The number of hydrogen-bond acceptors (Lipinski definition) is 2. The summed E-state index contributed by atoms with van der Waals surface area (Å²) in [6, 6.07) is 0.387. The Hall–Kier alpha value is -0.570. The Morgan fingerprint density at radius 2 is 2.25 bits per heavy atom. The second-order valence-corrected chi connectivity index (χ2v) is 3.82. The molecule has 12 heavy (non-hydrogen) atoms. The first-order chi connectivity index (χ1) is 5.79. The Morgan fingerprint density at radius 1 is 1.50 bits per heavy atom. The molecule has 3 nitrogen and oxygen atoms in total. The minimum atomic E-state index is 0.255. The third-order valence-electron chi connectivity index (χ3n) is 3.01. The maximum Gasteiger partial charge on any atom is 0.227 e. The Morgan fingerprint density at radius 3 is 2.67 bits per heavy atom. The van der Waals surface area contributed by atoms with E-state index in [1.54, 1.807) is 0 Å². The van der Waals surface area contributed by atoms with Gasteiger partial charge in [-0.2, -0.15) is 0 Å². The molecule has 1 N–H and O–H groups in total. The van der Waals surface area contributed by atoms with Gasteiger partial charge in [-0.15, -0.1) is 0 Å². The van der Waals surface area contributed by atoms with Gasteiger partial charge in [-0.05, 0) is 26.3 Å². The van der Waals surface area contributed by atoms with Crippen LogP contribution in [0.25, 0.3) is 0 Å². The van der Waals surface area contributed by atoms with Crippen LogP contribution in [0.4, 0.5) is 0 Å². The number of carbonyl (C=O) groups excluding carboxylic acids is 1. The molecule has 0 bridgehead atoms. The predicted octanol–water partition coefficient (Wildman–Crippen LogP) is 0.217. The lowest BCUT2D eigenvalue weighted by Crippen LogP contribution is -2.47. The van der Waals surface area contributed by atoms with Gasteiger partial charge in [0.25, 0.3) is 0 Å². The van der Waals surface area contributed by atoms with E-state index < -0.39 is 0 Å². The summed E-state index contributed by atoms with van der Waals surface area (Å²) in [6.07, 6.45) is 2.22. The minimum absolute atomic E-state index is 0.255. The summed E-state index contributed by atoms with van der Waals surface area (Å²) in [7, 11) is 0. The molecule has 0 aliphatic carbocycles. The second-order valence-electron chi connectivity index (χ2n) is 3.82. The highest BCUT2D eigenvalue weighted by Crippen LogP contribution is 2.20. The Balaban J connectivity index is 1.93. The van der Waals surface area contributed by atoms with Crippen LogP contribution in [0.15, 0.2) is 0 Å². The van der Waals surface area contributed by atoms with Crippen molar-refractivity contribution >= 4 is 5.91 Å². The minimum Gasteiger partial charge on any atom is -0.342 e. The maximum atomic E-state index is 11.7. The van der Waals surface area contributed by atoms with E-state index in [0.29, 0.717) is 11.9 Å². The molecule has 0 aromatic rings. The molecule has 2 atom stereocenters. The van der Waals surface area contributed by atoms with Crippen molar-refractivity contribution in [3.05, 3.63) is 0 Å². The number of nitrogens with zero attached hydrogens (tertiary/aromatic N) is 1. The summed E-state index contributed by atoms with van der Waals surface area (Å²) in [5.41, 5.74) is 0. The first-order valence-electron chi connectivity index (χ1n) is 4.81.